The highest BCUT2D eigenvalue weighted by Gasteiger charge is 2.57. The van der Waals surface area contributed by atoms with Crippen molar-refractivity contribution in [3.63, 3.8) is 0 Å². The van der Waals surface area contributed by atoms with E-state index < -0.39 is 23.6 Å². The monoisotopic (exact) mass is 322 g/mol. The molecule has 3 aliphatic rings. The molecule has 0 spiro atoms. The molecule has 3 atom stereocenters. The van der Waals surface area contributed by atoms with Gasteiger partial charge >= 0.3 is 5.97 Å². The summed E-state index contributed by atoms with van der Waals surface area (Å²) in [6.45, 7) is 0. The highest BCUT2D eigenvalue weighted by atomic mass is 16.7. The van der Waals surface area contributed by atoms with Crippen LogP contribution in [0.2, 0.25) is 0 Å². The van der Waals surface area contributed by atoms with E-state index in [0.717, 1.165) is 6.42 Å². The van der Waals surface area contributed by atoms with Gasteiger partial charge in [0.25, 0.3) is 0 Å². The fourth-order valence-electron chi connectivity index (χ4n) is 4.19. The van der Waals surface area contributed by atoms with Gasteiger partial charge in [-0.05, 0) is 12.8 Å². The first-order valence-corrected chi connectivity index (χ1v) is 8.12. The maximum absolute atomic E-state index is 12.6. The minimum Gasteiger partial charge on any atom is -0.469 e. The molecular weight excluding hydrogens is 300 g/mol. The van der Waals surface area contributed by atoms with Gasteiger partial charge in [0.2, 0.25) is 5.79 Å². The number of hydrogen-bond acceptors (Lipinski definition) is 6. The summed E-state index contributed by atoms with van der Waals surface area (Å²) in [4.78, 5) is 36.9. The summed E-state index contributed by atoms with van der Waals surface area (Å²) in [6, 6.07) is 0. The van der Waals surface area contributed by atoms with Crippen LogP contribution in [0.15, 0.2) is 11.3 Å². The lowest BCUT2D eigenvalue weighted by Crippen LogP contribution is -2.56. The highest BCUT2D eigenvalue weighted by Crippen LogP contribution is 2.51. The maximum Gasteiger partial charge on any atom is 0.306 e. The van der Waals surface area contributed by atoms with Crippen molar-refractivity contribution in [3.05, 3.63) is 11.3 Å². The summed E-state index contributed by atoms with van der Waals surface area (Å²) >= 11 is 0. The van der Waals surface area contributed by atoms with E-state index in [9.17, 15) is 14.4 Å². The van der Waals surface area contributed by atoms with Crippen LogP contribution >= 0.6 is 0 Å². The van der Waals surface area contributed by atoms with Crippen molar-refractivity contribution in [2.45, 2.75) is 50.7 Å². The Kier molecular flexibility index (Phi) is 4.27. The lowest BCUT2D eigenvalue weighted by atomic mass is 9.66. The SMILES string of the molecule is COC(=O)C[C@H]1C2=C(CCCC2=O)O[C@]2(OC)CCCC(=O)[C@H]12. The van der Waals surface area contributed by atoms with Gasteiger partial charge in [-0.3, -0.25) is 14.4 Å². The second kappa shape index (κ2) is 6.07. The quantitative estimate of drug-likeness (QED) is 0.739. The van der Waals surface area contributed by atoms with Gasteiger partial charge in [0.1, 0.15) is 11.5 Å². The minimum atomic E-state index is -1.05. The van der Waals surface area contributed by atoms with Gasteiger partial charge in [-0.1, -0.05) is 0 Å². The van der Waals surface area contributed by atoms with Crippen LogP contribution in [0, 0.1) is 11.8 Å². The van der Waals surface area contributed by atoms with E-state index in [1.165, 1.54) is 14.2 Å². The molecule has 2 aliphatic carbocycles. The van der Waals surface area contributed by atoms with Crippen LogP contribution in [0.4, 0.5) is 0 Å². The van der Waals surface area contributed by atoms with Crippen molar-refractivity contribution in [2.24, 2.45) is 11.8 Å². The fourth-order valence-corrected chi connectivity index (χ4v) is 4.19. The molecule has 6 heteroatoms. The zero-order valence-electron chi connectivity index (χ0n) is 13.6. The number of carbonyl (C=O) groups excluding carboxylic acids is 3. The Hall–Kier alpha value is -1.69. The molecule has 1 saturated carbocycles. The normalized spacial score (nSPS) is 33.7. The molecule has 0 aromatic rings. The molecule has 0 saturated heterocycles. The lowest BCUT2D eigenvalue weighted by molar-refractivity contribution is -0.258. The van der Waals surface area contributed by atoms with Crippen molar-refractivity contribution >= 4 is 17.5 Å². The third-order valence-electron chi connectivity index (χ3n) is 5.21. The average molecular weight is 322 g/mol. The Bertz CT molecular complexity index is 578. The fraction of sp³-hybridized carbons (Fsp3) is 0.706. The van der Waals surface area contributed by atoms with E-state index in [-0.39, 0.29) is 18.0 Å². The smallest absolute Gasteiger partial charge is 0.306 e. The number of rotatable bonds is 3. The van der Waals surface area contributed by atoms with Crippen LogP contribution < -0.4 is 0 Å². The maximum atomic E-state index is 12.6. The molecule has 6 nitrogen and oxygen atoms in total. The molecule has 23 heavy (non-hydrogen) atoms. The summed E-state index contributed by atoms with van der Waals surface area (Å²) in [5.41, 5.74) is 0.509. The molecular formula is C17H22O6. The second-order valence-corrected chi connectivity index (χ2v) is 6.42. The Balaban J connectivity index is 2.09. The molecule has 1 heterocycles. The predicted molar refractivity (Wildman–Crippen MR) is 79.2 cm³/mol. The third-order valence-corrected chi connectivity index (χ3v) is 5.21. The first-order valence-electron chi connectivity index (χ1n) is 8.12. The third kappa shape index (κ3) is 2.59. The van der Waals surface area contributed by atoms with Crippen LogP contribution in [0.3, 0.4) is 0 Å². The summed E-state index contributed by atoms with van der Waals surface area (Å²) < 4.78 is 16.5. The van der Waals surface area contributed by atoms with Crippen LogP contribution in [0.5, 0.6) is 0 Å². The van der Waals surface area contributed by atoms with E-state index in [0.29, 0.717) is 43.4 Å². The number of fused-ring (bicyclic) bond motifs is 1. The van der Waals surface area contributed by atoms with Gasteiger partial charge < -0.3 is 14.2 Å². The number of Topliss-reactive ketones (excluding diaryl/α,β-unsaturated/α-hetero) is 2. The van der Waals surface area contributed by atoms with Gasteiger partial charge in [-0.15, -0.1) is 0 Å². The highest BCUT2D eigenvalue weighted by molar-refractivity contribution is 5.99. The first kappa shape index (κ1) is 16.2. The van der Waals surface area contributed by atoms with Crippen molar-refractivity contribution < 1.29 is 28.6 Å². The number of methoxy groups -OCH3 is 2. The molecule has 0 N–H and O–H groups in total. The van der Waals surface area contributed by atoms with Crippen molar-refractivity contribution in [2.75, 3.05) is 14.2 Å². The molecule has 0 aromatic carbocycles. The van der Waals surface area contributed by atoms with E-state index in [1.54, 1.807) is 0 Å². The molecule has 126 valence electrons. The lowest BCUT2D eigenvalue weighted by Gasteiger charge is -2.50. The number of allylic oxidation sites excluding steroid dienone is 2. The van der Waals surface area contributed by atoms with Gasteiger partial charge in [0, 0.05) is 44.3 Å². The van der Waals surface area contributed by atoms with E-state index in [1.807, 2.05) is 0 Å². The number of esters is 1. The van der Waals surface area contributed by atoms with E-state index in [2.05, 4.69) is 0 Å². The van der Waals surface area contributed by atoms with Gasteiger partial charge in [0.05, 0.1) is 19.4 Å². The zero-order chi connectivity index (χ0) is 16.6. The van der Waals surface area contributed by atoms with Crippen LogP contribution in [-0.4, -0.2) is 37.5 Å². The number of ketones is 2. The summed E-state index contributed by atoms with van der Waals surface area (Å²) in [6.07, 6.45) is 3.50. The number of carbonyl (C=O) groups is 3. The van der Waals surface area contributed by atoms with Crippen LogP contribution in [-0.2, 0) is 28.6 Å². The number of ether oxygens (including phenoxy) is 3. The Morgan fingerprint density at radius 1 is 1.22 bits per heavy atom. The molecule has 0 unspecified atom stereocenters. The number of hydrogen-bond donors (Lipinski definition) is 0. The van der Waals surface area contributed by atoms with E-state index >= 15 is 0 Å². The van der Waals surface area contributed by atoms with Gasteiger partial charge in [-0.2, -0.15) is 0 Å². The topological polar surface area (TPSA) is 78.9 Å². The van der Waals surface area contributed by atoms with Gasteiger partial charge in [-0.25, -0.2) is 0 Å². The molecule has 1 fully saturated rings. The first-order chi connectivity index (χ1) is 11.0. The van der Waals surface area contributed by atoms with Gasteiger partial charge in [0.15, 0.2) is 5.78 Å². The predicted octanol–water partition coefficient (Wildman–Crippen LogP) is 1.91. The van der Waals surface area contributed by atoms with Crippen molar-refractivity contribution in [3.8, 4) is 0 Å². The second-order valence-electron chi connectivity index (χ2n) is 6.42. The van der Waals surface area contributed by atoms with E-state index in [4.69, 9.17) is 14.2 Å². The van der Waals surface area contributed by atoms with Crippen LogP contribution in [0.1, 0.15) is 44.9 Å². The minimum absolute atomic E-state index is 0.00285. The Morgan fingerprint density at radius 3 is 2.70 bits per heavy atom. The van der Waals surface area contributed by atoms with Crippen molar-refractivity contribution in [1.29, 1.82) is 0 Å². The zero-order valence-corrected chi connectivity index (χ0v) is 13.6. The molecule has 0 amide bonds. The van der Waals surface area contributed by atoms with Crippen LogP contribution in [0.25, 0.3) is 0 Å². The molecule has 0 bridgehead atoms. The molecule has 0 radical (unpaired) electrons. The Morgan fingerprint density at radius 2 is 2.00 bits per heavy atom. The summed E-state index contributed by atoms with van der Waals surface area (Å²) in [5.74, 6) is -2.04. The molecule has 3 rings (SSSR count). The average Bonchev–Trinajstić information content (AvgIpc) is 2.54. The molecule has 0 aromatic heterocycles. The largest absolute Gasteiger partial charge is 0.469 e. The van der Waals surface area contributed by atoms with Crippen molar-refractivity contribution in [1.82, 2.24) is 0 Å². The summed E-state index contributed by atoms with van der Waals surface area (Å²) in [7, 11) is 2.84. The standard InChI is InChI=1S/C17H22O6/c1-21-14(20)9-10-15-11(18)5-3-7-13(15)23-17(22-2)8-4-6-12(19)16(10)17/h10,16H,3-9H2,1-2H3/t10-,16-,17+/m0/s1. The summed E-state index contributed by atoms with van der Waals surface area (Å²) in [5, 5.41) is 0. The Labute approximate surface area is 135 Å². The molecule has 1 aliphatic heterocycles.